The van der Waals surface area contributed by atoms with Gasteiger partial charge in [-0.05, 0) is 24.8 Å². The zero-order valence-electron chi connectivity index (χ0n) is 9.57. The Bertz CT molecular complexity index is 314. The van der Waals surface area contributed by atoms with E-state index < -0.39 is 0 Å². The van der Waals surface area contributed by atoms with Crippen molar-refractivity contribution in [2.45, 2.75) is 33.1 Å². The third-order valence-electron chi connectivity index (χ3n) is 3.11. The molecule has 1 saturated heterocycles. The molecule has 1 heterocycles. The third-order valence-corrected chi connectivity index (χ3v) is 3.11. The molecule has 0 spiro atoms. The normalized spacial score (nSPS) is 25.5. The van der Waals surface area contributed by atoms with Crippen LogP contribution in [-0.2, 0) is 4.79 Å². The molecule has 1 aliphatic heterocycles. The predicted octanol–water partition coefficient (Wildman–Crippen LogP) is 2.72. The van der Waals surface area contributed by atoms with Gasteiger partial charge in [-0.15, -0.1) is 0 Å². The van der Waals surface area contributed by atoms with Crippen molar-refractivity contribution in [2.75, 3.05) is 6.54 Å². The van der Waals surface area contributed by atoms with Crippen molar-refractivity contribution in [1.82, 2.24) is 4.90 Å². The van der Waals surface area contributed by atoms with E-state index in [9.17, 15) is 4.79 Å². The lowest BCUT2D eigenvalue weighted by atomic mass is 9.87. The van der Waals surface area contributed by atoms with Gasteiger partial charge in [-0.25, -0.2) is 0 Å². The van der Waals surface area contributed by atoms with Crippen LogP contribution in [0.3, 0.4) is 0 Å². The number of carbonyl (C=O) groups is 1. The van der Waals surface area contributed by atoms with E-state index in [0.717, 1.165) is 25.8 Å². The average molecular weight is 205 g/mol. The lowest BCUT2D eigenvalue weighted by Crippen LogP contribution is -2.40. The Balaban J connectivity index is 2.19. The molecule has 1 unspecified atom stereocenters. The highest BCUT2D eigenvalue weighted by molar-refractivity contribution is 5.79. The molecule has 0 saturated carbocycles. The zero-order chi connectivity index (χ0) is 10.8. The molecule has 15 heavy (non-hydrogen) atoms. The Morgan fingerprint density at radius 1 is 1.53 bits per heavy atom. The Morgan fingerprint density at radius 3 is 3.07 bits per heavy atom. The van der Waals surface area contributed by atoms with E-state index in [4.69, 9.17) is 0 Å². The first-order chi connectivity index (χ1) is 7.18. The number of carbonyl (C=O) groups excluding carboxylic acids is 1. The number of fused-ring (bicyclic) bond motifs is 1. The molecule has 0 radical (unpaired) electrons. The second kappa shape index (κ2) is 4.21. The highest BCUT2D eigenvalue weighted by atomic mass is 16.2. The number of nitrogens with zero attached hydrogens (tertiary/aromatic N) is 1. The maximum Gasteiger partial charge on any atom is 0.226 e. The summed E-state index contributed by atoms with van der Waals surface area (Å²) < 4.78 is 0. The summed E-state index contributed by atoms with van der Waals surface area (Å²) in [5.74, 6) is 1.44. The molecule has 82 valence electrons. The summed E-state index contributed by atoms with van der Waals surface area (Å²) >= 11 is 0. The van der Waals surface area contributed by atoms with Crippen LogP contribution in [0.5, 0.6) is 0 Å². The van der Waals surface area contributed by atoms with E-state index in [1.807, 2.05) is 4.90 Å². The maximum atomic E-state index is 11.8. The summed E-state index contributed by atoms with van der Waals surface area (Å²) in [5, 5.41) is 0. The van der Waals surface area contributed by atoms with Crippen molar-refractivity contribution in [3.8, 4) is 0 Å². The average Bonchev–Trinajstić information content (AvgIpc) is 2.22. The van der Waals surface area contributed by atoms with Crippen molar-refractivity contribution in [3.63, 3.8) is 0 Å². The SMILES string of the molecule is CC(C)CN1C(=O)CCC2CC=CC=C21. The molecule has 2 heteroatoms. The zero-order valence-corrected chi connectivity index (χ0v) is 9.57. The molecular formula is C13H19NO. The molecule has 0 aromatic carbocycles. The fraction of sp³-hybridized carbons (Fsp3) is 0.615. The highest BCUT2D eigenvalue weighted by Gasteiger charge is 2.30. The molecule has 1 amide bonds. The van der Waals surface area contributed by atoms with Gasteiger partial charge in [0.25, 0.3) is 0 Å². The molecule has 1 aliphatic carbocycles. The number of piperidine rings is 1. The van der Waals surface area contributed by atoms with Gasteiger partial charge in [-0.1, -0.05) is 26.0 Å². The summed E-state index contributed by atoms with van der Waals surface area (Å²) in [7, 11) is 0. The van der Waals surface area contributed by atoms with E-state index in [-0.39, 0.29) is 0 Å². The minimum absolute atomic E-state index is 0.307. The van der Waals surface area contributed by atoms with Crippen LogP contribution in [0.4, 0.5) is 0 Å². The summed E-state index contributed by atoms with van der Waals surface area (Å²) in [6.07, 6.45) is 9.27. The van der Waals surface area contributed by atoms with Gasteiger partial charge in [-0.3, -0.25) is 4.79 Å². The number of rotatable bonds is 2. The van der Waals surface area contributed by atoms with Crippen LogP contribution in [-0.4, -0.2) is 17.4 Å². The number of hydrogen-bond donors (Lipinski definition) is 0. The van der Waals surface area contributed by atoms with Gasteiger partial charge in [0.1, 0.15) is 0 Å². The number of likely N-dealkylation sites (tertiary alicyclic amines) is 1. The quantitative estimate of drug-likeness (QED) is 0.678. The van der Waals surface area contributed by atoms with Crippen LogP contribution < -0.4 is 0 Å². The van der Waals surface area contributed by atoms with Crippen LogP contribution in [0.2, 0.25) is 0 Å². The molecule has 2 aliphatic rings. The van der Waals surface area contributed by atoms with E-state index in [1.54, 1.807) is 0 Å². The molecule has 2 nitrogen and oxygen atoms in total. The Morgan fingerprint density at radius 2 is 2.33 bits per heavy atom. The topological polar surface area (TPSA) is 20.3 Å². The fourth-order valence-corrected chi connectivity index (χ4v) is 2.39. The first-order valence-corrected chi connectivity index (χ1v) is 5.85. The van der Waals surface area contributed by atoms with Gasteiger partial charge in [-0.2, -0.15) is 0 Å². The Kier molecular flexibility index (Phi) is 2.94. The molecule has 1 atom stereocenters. The minimum atomic E-state index is 0.307. The summed E-state index contributed by atoms with van der Waals surface area (Å²) in [5.41, 5.74) is 1.25. The minimum Gasteiger partial charge on any atom is -0.316 e. The number of hydrogen-bond acceptors (Lipinski definition) is 1. The van der Waals surface area contributed by atoms with Crippen LogP contribution in [0.25, 0.3) is 0 Å². The van der Waals surface area contributed by atoms with Gasteiger partial charge >= 0.3 is 0 Å². The number of allylic oxidation sites excluding steroid dienone is 4. The van der Waals surface area contributed by atoms with E-state index in [1.165, 1.54) is 5.70 Å². The highest BCUT2D eigenvalue weighted by Crippen LogP contribution is 2.33. The molecule has 0 aromatic heterocycles. The van der Waals surface area contributed by atoms with E-state index in [0.29, 0.717) is 17.7 Å². The predicted molar refractivity (Wildman–Crippen MR) is 61.1 cm³/mol. The summed E-state index contributed by atoms with van der Waals surface area (Å²) in [4.78, 5) is 13.8. The van der Waals surface area contributed by atoms with Gasteiger partial charge < -0.3 is 4.90 Å². The third kappa shape index (κ3) is 2.14. The first-order valence-electron chi connectivity index (χ1n) is 5.85. The molecule has 1 fully saturated rings. The van der Waals surface area contributed by atoms with Crippen LogP contribution in [0, 0.1) is 11.8 Å². The van der Waals surface area contributed by atoms with Crippen molar-refractivity contribution in [2.24, 2.45) is 11.8 Å². The summed E-state index contributed by atoms with van der Waals surface area (Å²) in [6, 6.07) is 0. The first kappa shape index (κ1) is 10.5. The second-order valence-corrected chi connectivity index (χ2v) is 4.89. The Hall–Kier alpha value is -1.05. The summed E-state index contributed by atoms with van der Waals surface area (Å²) in [6.45, 7) is 5.20. The molecule has 0 N–H and O–H groups in total. The standard InChI is InChI=1S/C13H19NO/c1-10(2)9-14-12-6-4-3-5-11(12)7-8-13(14)15/h3-4,6,10-11H,5,7-9H2,1-2H3. The van der Waals surface area contributed by atoms with Crippen LogP contribution in [0.15, 0.2) is 23.9 Å². The largest absolute Gasteiger partial charge is 0.316 e. The van der Waals surface area contributed by atoms with E-state index in [2.05, 4.69) is 32.1 Å². The van der Waals surface area contributed by atoms with Crippen molar-refractivity contribution < 1.29 is 4.79 Å². The molecule has 0 aromatic rings. The van der Waals surface area contributed by atoms with Gasteiger partial charge in [0.15, 0.2) is 0 Å². The monoisotopic (exact) mass is 205 g/mol. The van der Waals surface area contributed by atoms with Gasteiger partial charge in [0.05, 0.1) is 0 Å². The molecule has 0 bridgehead atoms. The molecule has 2 rings (SSSR count). The smallest absolute Gasteiger partial charge is 0.226 e. The van der Waals surface area contributed by atoms with Crippen molar-refractivity contribution >= 4 is 5.91 Å². The number of amides is 1. The molecular weight excluding hydrogens is 186 g/mol. The van der Waals surface area contributed by atoms with Crippen molar-refractivity contribution in [1.29, 1.82) is 0 Å². The van der Waals surface area contributed by atoms with Crippen LogP contribution >= 0.6 is 0 Å². The van der Waals surface area contributed by atoms with Gasteiger partial charge in [0.2, 0.25) is 5.91 Å². The lowest BCUT2D eigenvalue weighted by molar-refractivity contribution is -0.132. The fourth-order valence-electron chi connectivity index (χ4n) is 2.39. The maximum absolute atomic E-state index is 11.8. The van der Waals surface area contributed by atoms with Crippen LogP contribution in [0.1, 0.15) is 33.1 Å². The second-order valence-electron chi connectivity index (χ2n) is 4.89. The van der Waals surface area contributed by atoms with Crippen molar-refractivity contribution in [3.05, 3.63) is 23.9 Å². The van der Waals surface area contributed by atoms with E-state index >= 15 is 0 Å². The lowest BCUT2D eigenvalue weighted by Gasteiger charge is -2.37. The Labute approximate surface area is 91.6 Å². The van der Waals surface area contributed by atoms with Gasteiger partial charge in [0, 0.05) is 24.6 Å².